The minimum absolute atomic E-state index is 0.0485. The van der Waals surface area contributed by atoms with Crippen LogP contribution in [0.15, 0.2) is 0 Å². The second-order valence-electron chi connectivity index (χ2n) is 2.76. The van der Waals surface area contributed by atoms with Gasteiger partial charge in [0, 0.05) is 0 Å². The molecule has 1 N–H and O–H groups in total. The highest BCUT2D eigenvalue weighted by atomic mass is 32.2. The molecule has 1 saturated carbocycles. The Morgan fingerprint density at radius 3 is 2.55 bits per heavy atom. The second kappa shape index (κ2) is 3.21. The zero-order chi connectivity index (χ0) is 8.32. The lowest BCUT2D eigenvalue weighted by Gasteiger charge is -1.98. The molecule has 11 heavy (non-hydrogen) atoms. The summed E-state index contributed by atoms with van der Waals surface area (Å²) in [5, 5.41) is 0. The van der Waals surface area contributed by atoms with Crippen molar-refractivity contribution in [2.75, 3.05) is 5.75 Å². The Labute approximate surface area is 66.0 Å². The Morgan fingerprint density at radius 2 is 2.09 bits per heavy atom. The van der Waals surface area contributed by atoms with Gasteiger partial charge in [-0.2, -0.15) is 0 Å². The summed E-state index contributed by atoms with van der Waals surface area (Å²) < 4.78 is 23.2. The van der Waals surface area contributed by atoms with Crippen LogP contribution in [0.25, 0.3) is 0 Å². The van der Waals surface area contributed by atoms with Gasteiger partial charge in [-0.25, -0.2) is 13.1 Å². The van der Waals surface area contributed by atoms with Crippen molar-refractivity contribution >= 4 is 16.4 Å². The first-order chi connectivity index (χ1) is 5.14. The summed E-state index contributed by atoms with van der Waals surface area (Å²) in [4.78, 5) is 9.67. The van der Waals surface area contributed by atoms with Crippen molar-refractivity contribution in [2.24, 2.45) is 5.92 Å². The van der Waals surface area contributed by atoms with Gasteiger partial charge in [0.25, 0.3) is 0 Å². The summed E-state index contributed by atoms with van der Waals surface area (Å²) in [6.07, 6.45) is 4.08. The van der Waals surface area contributed by atoms with E-state index in [4.69, 9.17) is 0 Å². The predicted molar refractivity (Wildman–Crippen MR) is 40.0 cm³/mol. The predicted octanol–water partition coefficient (Wildman–Crippen LogP) is -0.227. The minimum Gasteiger partial charge on any atom is -0.263 e. The summed E-state index contributed by atoms with van der Waals surface area (Å²) in [6, 6.07) is 0. The van der Waals surface area contributed by atoms with Crippen molar-refractivity contribution in [2.45, 2.75) is 19.3 Å². The SMILES string of the molecule is O=[C]NS(=O)(=O)CCC1CC1. The van der Waals surface area contributed by atoms with Gasteiger partial charge in [-0.05, 0) is 12.3 Å². The zero-order valence-corrected chi connectivity index (χ0v) is 6.86. The van der Waals surface area contributed by atoms with E-state index in [-0.39, 0.29) is 5.75 Å². The quantitative estimate of drug-likeness (QED) is 0.589. The first kappa shape index (κ1) is 8.52. The molecule has 5 heteroatoms. The smallest absolute Gasteiger partial charge is 0.263 e. The highest BCUT2D eigenvalue weighted by Crippen LogP contribution is 2.32. The van der Waals surface area contributed by atoms with E-state index in [1.807, 2.05) is 0 Å². The van der Waals surface area contributed by atoms with Gasteiger partial charge in [0.2, 0.25) is 10.0 Å². The molecule has 1 aliphatic carbocycles. The van der Waals surface area contributed by atoms with E-state index >= 15 is 0 Å². The largest absolute Gasteiger partial charge is 0.323 e. The third-order valence-corrected chi connectivity index (χ3v) is 2.86. The molecule has 1 aliphatic rings. The average Bonchev–Trinajstić information content (AvgIpc) is 2.65. The Bertz CT molecular complexity index is 230. The number of rotatable bonds is 5. The normalized spacial score (nSPS) is 17.8. The number of carbonyl (C=O) groups excluding carboxylic acids is 1. The molecule has 0 aliphatic heterocycles. The van der Waals surface area contributed by atoms with Crippen LogP contribution in [0, 0.1) is 5.92 Å². The number of hydrogen-bond acceptors (Lipinski definition) is 3. The Balaban J connectivity index is 2.26. The first-order valence-electron chi connectivity index (χ1n) is 3.51. The van der Waals surface area contributed by atoms with Gasteiger partial charge in [0.1, 0.15) is 0 Å². The number of hydrogen-bond donors (Lipinski definition) is 1. The maximum absolute atomic E-state index is 10.8. The fourth-order valence-corrected chi connectivity index (χ4v) is 1.72. The monoisotopic (exact) mass is 176 g/mol. The summed E-state index contributed by atoms with van der Waals surface area (Å²) in [7, 11) is -3.36. The molecule has 0 heterocycles. The van der Waals surface area contributed by atoms with Gasteiger partial charge >= 0.3 is 6.41 Å². The molecule has 0 saturated heterocycles. The molecule has 0 unspecified atom stereocenters. The lowest BCUT2D eigenvalue weighted by Crippen LogP contribution is -2.24. The molecule has 1 fully saturated rings. The van der Waals surface area contributed by atoms with Crippen LogP contribution in [0.4, 0.5) is 0 Å². The summed E-state index contributed by atoms with van der Waals surface area (Å²) >= 11 is 0. The van der Waals surface area contributed by atoms with Crippen LogP contribution in [0.5, 0.6) is 0 Å². The van der Waals surface area contributed by atoms with Gasteiger partial charge in [-0.3, -0.25) is 4.79 Å². The van der Waals surface area contributed by atoms with Gasteiger partial charge in [0.15, 0.2) is 0 Å². The fourth-order valence-electron chi connectivity index (χ4n) is 0.843. The molecule has 0 bridgehead atoms. The molecule has 1 radical (unpaired) electrons. The lowest BCUT2D eigenvalue weighted by atomic mass is 10.3. The van der Waals surface area contributed by atoms with Crippen molar-refractivity contribution in [3.8, 4) is 0 Å². The van der Waals surface area contributed by atoms with Crippen molar-refractivity contribution < 1.29 is 13.2 Å². The van der Waals surface area contributed by atoms with Crippen molar-refractivity contribution in [3.05, 3.63) is 0 Å². The molecule has 1 rings (SSSR count). The second-order valence-corrected chi connectivity index (χ2v) is 4.60. The average molecular weight is 176 g/mol. The van der Waals surface area contributed by atoms with E-state index in [1.54, 1.807) is 4.72 Å². The van der Waals surface area contributed by atoms with Crippen LogP contribution < -0.4 is 4.72 Å². The lowest BCUT2D eigenvalue weighted by molar-refractivity contribution is 0.546. The van der Waals surface area contributed by atoms with Crippen LogP contribution >= 0.6 is 0 Å². The Hall–Kier alpha value is -0.580. The third-order valence-electron chi connectivity index (χ3n) is 1.69. The van der Waals surface area contributed by atoms with Crippen LogP contribution in [0.3, 0.4) is 0 Å². The van der Waals surface area contributed by atoms with Crippen LogP contribution in [-0.4, -0.2) is 20.6 Å². The molecule has 63 valence electrons. The minimum atomic E-state index is -3.36. The molecule has 0 atom stereocenters. The fraction of sp³-hybridized carbons (Fsp3) is 0.833. The van der Waals surface area contributed by atoms with Gasteiger partial charge in [-0.1, -0.05) is 12.8 Å². The van der Waals surface area contributed by atoms with Crippen molar-refractivity contribution in [1.29, 1.82) is 0 Å². The van der Waals surface area contributed by atoms with Gasteiger partial charge in [-0.15, -0.1) is 0 Å². The molecule has 1 amide bonds. The summed E-state index contributed by atoms with van der Waals surface area (Å²) in [5.74, 6) is 0.616. The van der Waals surface area contributed by atoms with E-state index in [9.17, 15) is 13.2 Å². The Kier molecular flexibility index (Phi) is 2.49. The van der Waals surface area contributed by atoms with Gasteiger partial charge < -0.3 is 0 Å². The highest BCUT2D eigenvalue weighted by molar-refractivity contribution is 7.89. The van der Waals surface area contributed by atoms with Crippen LogP contribution in [-0.2, 0) is 14.8 Å². The molecular weight excluding hydrogens is 166 g/mol. The highest BCUT2D eigenvalue weighted by Gasteiger charge is 2.23. The zero-order valence-electron chi connectivity index (χ0n) is 6.04. The number of sulfonamides is 1. The number of amides is 1. The first-order valence-corrected chi connectivity index (χ1v) is 5.16. The molecule has 0 aromatic carbocycles. The van der Waals surface area contributed by atoms with E-state index in [0.717, 1.165) is 19.3 Å². The number of nitrogens with one attached hydrogen (secondary N) is 1. The topological polar surface area (TPSA) is 63.2 Å². The van der Waals surface area contributed by atoms with Crippen LogP contribution in [0.1, 0.15) is 19.3 Å². The van der Waals surface area contributed by atoms with E-state index in [2.05, 4.69) is 0 Å². The maximum Gasteiger partial charge on any atom is 0.323 e. The summed E-state index contributed by atoms with van der Waals surface area (Å²) in [5.41, 5.74) is 0. The molecular formula is C6H10NO3S. The van der Waals surface area contributed by atoms with Crippen molar-refractivity contribution in [3.63, 3.8) is 0 Å². The maximum atomic E-state index is 10.8. The van der Waals surface area contributed by atoms with Gasteiger partial charge in [0.05, 0.1) is 5.75 Å². The Morgan fingerprint density at radius 1 is 1.45 bits per heavy atom. The molecule has 0 spiro atoms. The standard InChI is InChI=1S/C6H10NO3S/c8-5-7-11(9,10)4-3-6-1-2-6/h6H,1-4H2,(H,7,8). The van der Waals surface area contributed by atoms with E-state index in [1.165, 1.54) is 0 Å². The molecule has 0 aromatic rings. The third kappa shape index (κ3) is 3.36. The molecule has 0 aromatic heterocycles. The van der Waals surface area contributed by atoms with E-state index in [0.29, 0.717) is 12.3 Å². The van der Waals surface area contributed by atoms with E-state index < -0.39 is 10.0 Å². The molecule has 4 nitrogen and oxygen atoms in total. The summed E-state index contributed by atoms with van der Waals surface area (Å²) in [6.45, 7) is 0. The van der Waals surface area contributed by atoms with Crippen LogP contribution in [0.2, 0.25) is 0 Å². The van der Waals surface area contributed by atoms with Crippen molar-refractivity contribution in [1.82, 2.24) is 4.72 Å².